The number of unbranched alkanes of at least 4 members (excludes halogenated alkanes) is 1. The molecule has 0 unspecified atom stereocenters. The number of nitriles is 1. The number of nitrogen functional groups attached to an aromatic ring is 1. The molecule has 0 radical (unpaired) electrons. The molecule has 0 spiro atoms. The van der Waals surface area contributed by atoms with Gasteiger partial charge in [0.05, 0.1) is 18.1 Å². The number of ether oxygens (including phenoxy) is 1. The molecule has 5 heteroatoms. The Kier molecular flexibility index (Phi) is 8.99. The number of nitrogens with two attached hydrogens (primary N) is 1. The number of rotatable bonds is 8. The minimum absolute atomic E-state index is 0.436. The lowest BCUT2D eigenvalue weighted by molar-refractivity contribution is 0.411. The molecule has 3 N–H and O–H groups in total. The van der Waals surface area contributed by atoms with Crippen molar-refractivity contribution in [3.8, 4) is 17.5 Å². The maximum absolute atomic E-state index is 10.1. The Labute approximate surface area is 198 Å². The van der Waals surface area contributed by atoms with Gasteiger partial charge in [-0.2, -0.15) is 5.26 Å². The van der Waals surface area contributed by atoms with Crippen molar-refractivity contribution in [3.05, 3.63) is 62.8 Å². The van der Waals surface area contributed by atoms with Gasteiger partial charge in [-0.1, -0.05) is 44.6 Å². The number of allylic oxidation sites excluding steroid dienone is 3. The number of benzene rings is 1. The normalized spacial score (nSPS) is 13.7. The third-order valence-electron chi connectivity index (χ3n) is 6.14. The van der Waals surface area contributed by atoms with Crippen molar-refractivity contribution < 1.29 is 4.74 Å². The van der Waals surface area contributed by atoms with Crippen LogP contribution in [0.5, 0.6) is 5.75 Å². The Morgan fingerprint density at radius 1 is 1.27 bits per heavy atom. The SMILES string of the molecule is C/C=c1/c(C#N)c(N)n(-c2c(C)ccc(OC)c2C)/c1=C(\C=C/CCC)C(NC)=C(C)CC. The van der Waals surface area contributed by atoms with Gasteiger partial charge in [-0.05, 0) is 57.7 Å². The molecule has 1 aromatic heterocycles. The lowest BCUT2D eigenvalue weighted by atomic mass is 10.0. The summed E-state index contributed by atoms with van der Waals surface area (Å²) in [5.74, 6) is 1.22. The smallest absolute Gasteiger partial charge is 0.127 e. The highest BCUT2D eigenvalue weighted by Gasteiger charge is 2.21. The van der Waals surface area contributed by atoms with Gasteiger partial charge in [0.25, 0.3) is 0 Å². The van der Waals surface area contributed by atoms with E-state index >= 15 is 0 Å². The lowest BCUT2D eigenvalue weighted by Crippen LogP contribution is -2.34. The summed E-state index contributed by atoms with van der Waals surface area (Å²) in [4.78, 5) is 0. The number of anilines is 1. The second-order valence-corrected chi connectivity index (χ2v) is 8.18. The average molecular weight is 447 g/mol. The first kappa shape index (κ1) is 25.9. The molecule has 1 heterocycles. The van der Waals surface area contributed by atoms with Crippen molar-refractivity contribution in [2.75, 3.05) is 19.9 Å². The van der Waals surface area contributed by atoms with Crippen molar-refractivity contribution in [2.45, 2.75) is 60.8 Å². The summed E-state index contributed by atoms with van der Waals surface area (Å²) in [6.07, 6.45) is 9.27. The third kappa shape index (κ3) is 4.85. The molecule has 0 aliphatic rings. The van der Waals surface area contributed by atoms with Gasteiger partial charge < -0.3 is 15.8 Å². The summed E-state index contributed by atoms with van der Waals surface area (Å²) < 4.78 is 7.66. The molecule has 33 heavy (non-hydrogen) atoms. The fourth-order valence-electron chi connectivity index (χ4n) is 4.29. The van der Waals surface area contributed by atoms with Crippen LogP contribution in [0.25, 0.3) is 17.3 Å². The zero-order valence-electron chi connectivity index (χ0n) is 21.4. The standard InChI is InChI=1S/C28H38N4O/c1-9-12-13-14-22(25(31-7)18(4)10-2)27-21(11-3)23(17-29)28(30)32(27)26-19(5)15-16-24(33-8)20(26)6/h11,13-16,31H,9-10,12,30H2,1-8H3/b14-13-,21-11-,25-18?,27-22+. The molecule has 1 aromatic carbocycles. The molecule has 5 nitrogen and oxygen atoms in total. The number of nitrogens with zero attached hydrogens (tertiary/aromatic N) is 2. The van der Waals surface area contributed by atoms with E-state index in [1.807, 2.05) is 43.7 Å². The van der Waals surface area contributed by atoms with Crippen LogP contribution in [0.4, 0.5) is 5.82 Å². The van der Waals surface area contributed by atoms with Crippen LogP contribution in [0.15, 0.2) is 35.6 Å². The molecular formula is C28H38N4O. The van der Waals surface area contributed by atoms with Crippen LogP contribution in [0.3, 0.4) is 0 Å². The number of methoxy groups -OCH3 is 1. The van der Waals surface area contributed by atoms with E-state index in [1.54, 1.807) is 7.11 Å². The van der Waals surface area contributed by atoms with Gasteiger partial charge >= 0.3 is 0 Å². The van der Waals surface area contributed by atoms with E-state index in [0.717, 1.165) is 63.7 Å². The van der Waals surface area contributed by atoms with Gasteiger partial charge in [0.2, 0.25) is 0 Å². The second kappa shape index (κ2) is 11.5. The Balaban J connectivity index is 3.33. The molecule has 0 fully saturated rings. The molecule has 0 aliphatic carbocycles. The van der Waals surface area contributed by atoms with E-state index in [9.17, 15) is 5.26 Å². The molecule has 0 amide bonds. The van der Waals surface area contributed by atoms with Crippen LogP contribution >= 0.6 is 0 Å². The maximum atomic E-state index is 10.1. The topological polar surface area (TPSA) is 76.0 Å². The highest BCUT2D eigenvalue weighted by Crippen LogP contribution is 2.29. The summed E-state index contributed by atoms with van der Waals surface area (Å²) >= 11 is 0. The Morgan fingerprint density at radius 3 is 2.48 bits per heavy atom. The zero-order valence-corrected chi connectivity index (χ0v) is 21.4. The predicted octanol–water partition coefficient (Wildman–Crippen LogP) is 4.77. The molecular weight excluding hydrogens is 408 g/mol. The summed E-state index contributed by atoms with van der Waals surface area (Å²) in [6, 6.07) is 6.35. The van der Waals surface area contributed by atoms with Gasteiger partial charge in [0.15, 0.2) is 0 Å². The monoisotopic (exact) mass is 446 g/mol. The van der Waals surface area contributed by atoms with E-state index in [1.165, 1.54) is 5.57 Å². The summed E-state index contributed by atoms with van der Waals surface area (Å²) in [7, 11) is 3.62. The van der Waals surface area contributed by atoms with E-state index < -0.39 is 0 Å². The summed E-state index contributed by atoms with van der Waals surface area (Å²) in [6.45, 7) is 12.5. The second-order valence-electron chi connectivity index (χ2n) is 8.18. The maximum Gasteiger partial charge on any atom is 0.127 e. The minimum Gasteiger partial charge on any atom is -0.496 e. The van der Waals surface area contributed by atoms with Crippen LogP contribution < -0.4 is 26.4 Å². The largest absolute Gasteiger partial charge is 0.496 e. The lowest BCUT2D eigenvalue weighted by Gasteiger charge is -2.19. The first-order chi connectivity index (χ1) is 15.8. The van der Waals surface area contributed by atoms with Crippen LogP contribution in [-0.2, 0) is 0 Å². The quantitative estimate of drug-likeness (QED) is 0.613. The van der Waals surface area contributed by atoms with Crippen LogP contribution in [-0.4, -0.2) is 18.7 Å². The summed E-state index contributed by atoms with van der Waals surface area (Å²) in [5.41, 5.74) is 13.5. The number of aromatic nitrogens is 1. The van der Waals surface area contributed by atoms with Crippen molar-refractivity contribution in [1.29, 1.82) is 5.26 Å². The van der Waals surface area contributed by atoms with Crippen molar-refractivity contribution in [1.82, 2.24) is 9.88 Å². The first-order valence-electron chi connectivity index (χ1n) is 11.6. The van der Waals surface area contributed by atoms with Crippen LogP contribution in [0.2, 0.25) is 0 Å². The number of aryl methyl sites for hydroxylation is 1. The van der Waals surface area contributed by atoms with Gasteiger partial charge in [0, 0.05) is 29.1 Å². The Bertz CT molecular complexity index is 1240. The summed E-state index contributed by atoms with van der Waals surface area (Å²) in [5, 5.41) is 15.2. The van der Waals surface area contributed by atoms with Crippen molar-refractivity contribution >= 4 is 17.5 Å². The van der Waals surface area contributed by atoms with Crippen LogP contribution in [0.1, 0.15) is 63.6 Å². The predicted molar refractivity (Wildman–Crippen MR) is 140 cm³/mol. The van der Waals surface area contributed by atoms with Crippen molar-refractivity contribution in [3.63, 3.8) is 0 Å². The average Bonchev–Trinajstić information content (AvgIpc) is 3.09. The van der Waals surface area contributed by atoms with E-state index in [0.29, 0.717) is 11.4 Å². The third-order valence-corrected chi connectivity index (χ3v) is 6.14. The molecule has 2 aromatic rings. The van der Waals surface area contributed by atoms with E-state index in [4.69, 9.17) is 10.5 Å². The highest BCUT2D eigenvalue weighted by molar-refractivity contribution is 5.76. The molecule has 0 bridgehead atoms. The highest BCUT2D eigenvalue weighted by atomic mass is 16.5. The molecule has 0 saturated carbocycles. The Hall–Kier alpha value is -3.39. The van der Waals surface area contributed by atoms with E-state index in [2.05, 4.69) is 51.2 Å². The molecule has 176 valence electrons. The van der Waals surface area contributed by atoms with Gasteiger partial charge in [0.1, 0.15) is 23.2 Å². The molecule has 0 aliphatic heterocycles. The van der Waals surface area contributed by atoms with Crippen LogP contribution in [0, 0.1) is 25.2 Å². The van der Waals surface area contributed by atoms with Gasteiger partial charge in [-0.15, -0.1) is 0 Å². The number of nitrogens with one attached hydrogen (secondary N) is 1. The minimum atomic E-state index is 0.436. The number of hydrogen-bond acceptors (Lipinski definition) is 4. The molecule has 0 atom stereocenters. The number of hydrogen-bond donors (Lipinski definition) is 2. The Morgan fingerprint density at radius 2 is 1.97 bits per heavy atom. The van der Waals surface area contributed by atoms with Gasteiger partial charge in [-0.25, -0.2) is 0 Å². The van der Waals surface area contributed by atoms with E-state index in [-0.39, 0.29) is 0 Å². The fraction of sp³-hybridized carbons (Fsp3) is 0.393. The first-order valence-corrected chi connectivity index (χ1v) is 11.6. The fourth-order valence-corrected chi connectivity index (χ4v) is 4.29. The van der Waals surface area contributed by atoms with Gasteiger partial charge in [-0.3, -0.25) is 4.57 Å². The molecule has 2 rings (SSSR count). The van der Waals surface area contributed by atoms with Crippen molar-refractivity contribution in [2.24, 2.45) is 0 Å². The molecule has 0 saturated heterocycles. The zero-order chi connectivity index (χ0) is 24.7.